The number of fused-ring (bicyclic) bond motifs is 2. The molecule has 0 atom stereocenters. The van der Waals surface area contributed by atoms with Crippen LogP contribution in [0.1, 0.15) is 0 Å². The predicted octanol–water partition coefficient (Wildman–Crippen LogP) is 0.820. The van der Waals surface area contributed by atoms with Gasteiger partial charge in [-0.15, -0.1) is 10.2 Å². The minimum Gasteiger partial charge on any atom is -0.744 e. The molecule has 6 aromatic rings. The van der Waals surface area contributed by atoms with Crippen molar-refractivity contribution in [3.05, 3.63) is 121 Å². The fraction of sp³-hybridized carbons (Fsp3) is 0. The van der Waals surface area contributed by atoms with Gasteiger partial charge in [-0.25, -0.2) is 16.8 Å². The summed E-state index contributed by atoms with van der Waals surface area (Å²) in [5.41, 5.74) is 0.216. The average molecular weight is 829 g/mol. The number of benzene rings is 6. The van der Waals surface area contributed by atoms with E-state index in [4.69, 9.17) is 9.11 Å². The topological polar surface area (TPSA) is 273 Å². The Morgan fingerprint density at radius 2 is 0.722 bits per heavy atom. The standard InChI is InChI=1S/2C16H12N2O6S2.2Na/c2*19-25(20,21)13-8-6-12(7-9-13)17-18-16-14-4-2-1-3-11(14)5-10-15(16)26(22,23)24;;/h2*1-10H,(H,19,20,21)(H,22,23,24);;/q;;2*+1/p-2. The van der Waals surface area contributed by atoms with E-state index in [2.05, 4.69) is 20.5 Å². The number of hydrogen-bond donors (Lipinski definition) is 2. The van der Waals surface area contributed by atoms with Crippen molar-refractivity contribution in [1.29, 1.82) is 0 Å². The van der Waals surface area contributed by atoms with Crippen molar-refractivity contribution in [2.45, 2.75) is 19.6 Å². The summed E-state index contributed by atoms with van der Waals surface area (Å²) >= 11 is 0. The summed E-state index contributed by atoms with van der Waals surface area (Å²) in [6.45, 7) is 0. The maximum atomic E-state index is 11.5. The van der Waals surface area contributed by atoms with Crippen LogP contribution >= 0.6 is 0 Å². The molecule has 0 heterocycles. The van der Waals surface area contributed by atoms with Crippen LogP contribution in [-0.2, 0) is 40.5 Å². The first-order chi connectivity index (χ1) is 24.3. The first kappa shape index (κ1) is 45.1. The second-order valence-corrected chi connectivity index (χ2v) is 16.1. The zero-order chi connectivity index (χ0) is 37.9. The molecule has 268 valence electrons. The van der Waals surface area contributed by atoms with E-state index < -0.39 is 50.3 Å². The third-order valence-electron chi connectivity index (χ3n) is 7.07. The van der Waals surface area contributed by atoms with Crippen molar-refractivity contribution in [2.24, 2.45) is 20.5 Å². The minimum absolute atomic E-state index is 0. The van der Waals surface area contributed by atoms with Crippen LogP contribution in [0.4, 0.5) is 22.7 Å². The van der Waals surface area contributed by atoms with E-state index in [9.17, 15) is 42.8 Å². The SMILES string of the molecule is O=S(=O)([O-])c1ccc2ccccc2c1N=Nc1ccc(S(=O)(=O)O)cc1.O=S(=O)([O-])c1ccc2ccccc2c1N=Nc1ccc(S(=O)(=O)O)cc1.[Na+].[Na+]. The molecule has 6 aromatic carbocycles. The third kappa shape index (κ3) is 11.4. The first-order valence-corrected chi connectivity index (χ1v) is 20.0. The number of azo groups is 2. The summed E-state index contributed by atoms with van der Waals surface area (Å²) in [5.74, 6) is 0. The molecule has 0 unspecified atom stereocenters. The van der Waals surface area contributed by atoms with E-state index in [0.29, 0.717) is 21.5 Å². The molecular weight excluding hydrogens is 807 g/mol. The number of nitrogens with zero attached hydrogens (tertiary/aromatic N) is 4. The molecule has 0 saturated carbocycles. The van der Waals surface area contributed by atoms with Gasteiger partial charge in [-0.3, -0.25) is 9.11 Å². The van der Waals surface area contributed by atoms with Crippen molar-refractivity contribution in [1.82, 2.24) is 0 Å². The van der Waals surface area contributed by atoms with Crippen LogP contribution in [0.3, 0.4) is 0 Å². The summed E-state index contributed by atoms with van der Waals surface area (Å²) in [7, 11) is -18.2. The molecule has 0 spiro atoms. The van der Waals surface area contributed by atoms with Gasteiger partial charge in [-0.2, -0.15) is 27.1 Å². The molecule has 0 amide bonds. The Bertz CT molecular complexity index is 2640. The molecule has 0 radical (unpaired) electrons. The molecule has 0 aliphatic carbocycles. The molecule has 2 N–H and O–H groups in total. The van der Waals surface area contributed by atoms with E-state index >= 15 is 0 Å². The van der Waals surface area contributed by atoms with Crippen molar-refractivity contribution >= 4 is 84.8 Å². The van der Waals surface area contributed by atoms with Gasteiger partial charge in [0.15, 0.2) is 0 Å². The minimum atomic E-state index is -4.77. The first-order valence-electron chi connectivity index (χ1n) is 14.3. The van der Waals surface area contributed by atoms with Crippen LogP contribution in [0.5, 0.6) is 0 Å². The van der Waals surface area contributed by atoms with Gasteiger partial charge in [0.05, 0.1) is 31.0 Å². The molecule has 0 bridgehead atoms. The van der Waals surface area contributed by atoms with Crippen molar-refractivity contribution in [2.75, 3.05) is 0 Å². The fourth-order valence-corrected chi connectivity index (χ4v) is 6.87. The average Bonchev–Trinajstić information content (AvgIpc) is 3.08. The van der Waals surface area contributed by atoms with Crippen molar-refractivity contribution in [3.8, 4) is 0 Å². The number of hydrogen-bond acceptors (Lipinski definition) is 14. The van der Waals surface area contributed by atoms with Crippen LogP contribution in [0.25, 0.3) is 21.5 Å². The van der Waals surface area contributed by atoms with Crippen LogP contribution in [0.2, 0.25) is 0 Å². The van der Waals surface area contributed by atoms with Gasteiger partial charge in [0, 0.05) is 10.8 Å². The summed E-state index contributed by atoms with van der Waals surface area (Å²) < 4.78 is 131. The zero-order valence-electron chi connectivity index (χ0n) is 27.9. The van der Waals surface area contributed by atoms with Gasteiger partial charge >= 0.3 is 59.1 Å². The Balaban J connectivity index is 0.000000280. The summed E-state index contributed by atoms with van der Waals surface area (Å²) in [5, 5.41) is 17.8. The normalized spacial score (nSPS) is 12.2. The Kier molecular flexibility index (Phi) is 15.1. The van der Waals surface area contributed by atoms with Crippen LogP contribution in [-0.4, -0.2) is 51.9 Å². The molecule has 0 aromatic heterocycles. The monoisotopic (exact) mass is 828 g/mol. The maximum Gasteiger partial charge on any atom is 1.00 e. The molecule has 22 heteroatoms. The molecule has 6 rings (SSSR count). The van der Waals surface area contributed by atoms with Crippen LogP contribution < -0.4 is 59.1 Å². The largest absolute Gasteiger partial charge is 1.00 e. The quantitative estimate of drug-likeness (QED) is 0.123. The molecule has 0 saturated heterocycles. The second-order valence-electron chi connectivity index (χ2n) is 10.5. The van der Waals surface area contributed by atoms with Crippen molar-refractivity contribution in [3.63, 3.8) is 0 Å². The van der Waals surface area contributed by atoms with E-state index in [1.165, 1.54) is 48.5 Å². The molecule has 16 nitrogen and oxygen atoms in total. The van der Waals surface area contributed by atoms with Crippen LogP contribution in [0, 0.1) is 0 Å². The summed E-state index contributed by atoms with van der Waals surface area (Å²) in [6, 6.07) is 28.5. The van der Waals surface area contributed by atoms with E-state index in [-0.39, 0.29) is 91.7 Å². The van der Waals surface area contributed by atoms with Gasteiger partial charge in [-0.05, 0) is 71.4 Å². The van der Waals surface area contributed by atoms with Crippen LogP contribution in [0.15, 0.2) is 161 Å². The van der Waals surface area contributed by atoms with Gasteiger partial charge in [0.2, 0.25) is 0 Å². The van der Waals surface area contributed by atoms with Crippen molar-refractivity contribution < 1.29 is 111 Å². The van der Waals surface area contributed by atoms with Gasteiger partial charge < -0.3 is 9.11 Å². The smallest absolute Gasteiger partial charge is 0.744 e. The Labute approximate surface area is 353 Å². The summed E-state index contributed by atoms with van der Waals surface area (Å²) in [4.78, 5) is -1.64. The molecule has 54 heavy (non-hydrogen) atoms. The fourth-order valence-electron chi connectivity index (χ4n) is 4.67. The van der Waals surface area contributed by atoms with Gasteiger partial charge in [0.1, 0.15) is 31.6 Å². The maximum absolute atomic E-state index is 11.5. The predicted molar refractivity (Wildman–Crippen MR) is 185 cm³/mol. The number of rotatable bonds is 8. The Morgan fingerprint density at radius 3 is 1.02 bits per heavy atom. The van der Waals surface area contributed by atoms with E-state index in [1.54, 1.807) is 48.5 Å². The van der Waals surface area contributed by atoms with E-state index in [0.717, 1.165) is 24.3 Å². The Morgan fingerprint density at radius 1 is 0.407 bits per heavy atom. The molecule has 0 aliphatic rings. The summed E-state index contributed by atoms with van der Waals surface area (Å²) in [6.07, 6.45) is 0. The molecule has 0 fully saturated rings. The molecular formula is C32H22N4Na2O12S4. The Hall–Kier alpha value is -3.32. The molecule has 0 aliphatic heterocycles. The second kappa shape index (κ2) is 18.1. The zero-order valence-corrected chi connectivity index (χ0v) is 35.2. The van der Waals surface area contributed by atoms with E-state index in [1.807, 2.05) is 0 Å². The van der Waals surface area contributed by atoms with Gasteiger partial charge in [-0.1, -0.05) is 60.7 Å². The van der Waals surface area contributed by atoms with Gasteiger partial charge in [0.25, 0.3) is 20.2 Å². The third-order valence-corrected chi connectivity index (χ3v) is 10.5.